The molecular weight excluding hydrogens is 410 g/mol. The van der Waals surface area contributed by atoms with Crippen molar-refractivity contribution in [3.63, 3.8) is 0 Å². The Kier molecular flexibility index (Phi) is 5.77. The monoisotopic (exact) mass is 433 g/mol. The number of hydrogen-bond acceptors (Lipinski definition) is 5. The van der Waals surface area contributed by atoms with Crippen molar-refractivity contribution >= 4 is 28.8 Å². The minimum absolute atomic E-state index is 0.136. The van der Waals surface area contributed by atoms with Crippen molar-refractivity contribution in [1.29, 1.82) is 0 Å². The van der Waals surface area contributed by atoms with Crippen LogP contribution in [0.25, 0.3) is 16.8 Å². The van der Waals surface area contributed by atoms with Crippen LogP contribution in [0.15, 0.2) is 59.3 Å². The number of carboxylic acid groups (broad SMARTS) is 1. The number of aromatic carboxylic acids is 1. The average molecular weight is 434 g/mol. The Morgan fingerprint density at radius 1 is 1.19 bits per heavy atom. The first-order chi connectivity index (χ1) is 15.0. The summed E-state index contributed by atoms with van der Waals surface area (Å²) in [4.78, 5) is 12.0. The van der Waals surface area contributed by atoms with Gasteiger partial charge in [0.05, 0.1) is 29.2 Å². The molecule has 0 saturated heterocycles. The third-order valence-electron chi connectivity index (χ3n) is 5.00. The van der Waals surface area contributed by atoms with Crippen LogP contribution >= 0.6 is 11.3 Å². The SMILES string of the molecule is CCOc1ccc(Nc2c(-c3ccsc3)c(C)nn2-c2ccccc2C)c(C(=O)O)c1. The predicted molar refractivity (Wildman–Crippen MR) is 124 cm³/mol. The molecule has 2 heterocycles. The largest absolute Gasteiger partial charge is 0.494 e. The van der Waals surface area contributed by atoms with Crippen molar-refractivity contribution in [2.45, 2.75) is 20.8 Å². The summed E-state index contributed by atoms with van der Waals surface area (Å²) in [5.74, 6) is 0.212. The van der Waals surface area contributed by atoms with Gasteiger partial charge < -0.3 is 15.2 Å². The Morgan fingerprint density at radius 3 is 2.68 bits per heavy atom. The lowest BCUT2D eigenvalue weighted by Gasteiger charge is -2.16. The Bertz CT molecular complexity index is 1230. The molecule has 0 unspecified atom stereocenters. The van der Waals surface area contributed by atoms with E-state index in [1.54, 1.807) is 29.5 Å². The molecule has 2 aromatic heterocycles. The predicted octanol–water partition coefficient (Wildman–Crippen LogP) is 6.06. The number of hydrogen-bond donors (Lipinski definition) is 2. The lowest BCUT2D eigenvalue weighted by atomic mass is 10.1. The number of nitrogens with zero attached hydrogens (tertiary/aromatic N) is 2. The molecule has 2 aromatic carbocycles. The van der Waals surface area contributed by atoms with Crippen molar-refractivity contribution < 1.29 is 14.6 Å². The van der Waals surface area contributed by atoms with Crippen molar-refractivity contribution in [1.82, 2.24) is 9.78 Å². The van der Waals surface area contributed by atoms with E-state index >= 15 is 0 Å². The van der Waals surface area contributed by atoms with Gasteiger partial charge in [0.1, 0.15) is 11.6 Å². The first-order valence-corrected chi connectivity index (χ1v) is 10.9. The number of benzene rings is 2. The van der Waals surface area contributed by atoms with Crippen LogP contribution in [0.3, 0.4) is 0 Å². The zero-order valence-corrected chi connectivity index (χ0v) is 18.4. The molecule has 7 heteroatoms. The summed E-state index contributed by atoms with van der Waals surface area (Å²) in [7, 11) is 0. The highest BCUT2D eigenvalue weighted by molar-refractivity contribution is 7.08. The van der Waals surface area contributed by atoms with Gasteiger partial charge >= 0.3 is 5.97 Å². The van der Waals surface area contributed by atoms with Crippen LogP contribution in [0, 0.1) is 13.8 Å². The van der Waals surface area contributed by atoms with Gasteiger partial charge in [-0.2, -0.15) is 16.4 Å². The van der Waals surface area contributed by atoms with Gasteiger partial charge in [0.2, 0.25) is 0 Å². The Labute approximate surface area is 184 Å². The normalized spacial score (nSPS) is 10.8. The first kappa shape index (κ1) is 20.7. The van der Waals surface area contributed by atoms with Crippen LogP contribution in [0.5, 0.6) is 5.75 Å². The maximum Gasteiger partial charge on any atom is 0.337 e. The van der Waals surface area contributed by atoms with Gasteiger partial charge in [-0.05, 0) is 73.0 Å². The standard InChI is InChI=1S/C24H23N3O3S/c1-4-30-18-9-10-20(19(13-18)24(28)29)25-23-22(17-11-12-31-14-17)16(3)26-27(23)21-8-6-5-7-15(21)2/h5-14,25H,4H2,1-3H3,(H,28,29). The van der Waals surface area contributed by atoms with Crippen molar-refractivity contribution in [3.8, 4) is 22.6 Å². The molecule has 31 heavy (non-hydrogen) atoms. The molecule has 0 atom stereocenters. The highest BCUT2D eigenvalue weighted by Gasteiger charge is 2.22. The number of aryl methyl sites for hydroxylation is 2. The molecule has 0 saturated carbocycles. The number of aromatic nitrogens is 2. The number of nitrogens with one attached hydrogen (secondary N) is 1. The van der Waals surface area contributed by atoms with Crippen molar-refractivity contribution in [2.75, 3.05) is 11.9 Å². The molecule has 0 bridgehead atoms. The summed E-state index contributed by atoms with van der Waals surface area (Å²) in [5.41, 5.74) is 5.43. The molecule has 0 amide bonds. The summed E-state index contributed by atoms with van der Waals surface area (Å²) in [6.45, 7) is 6.32. The van der Waals surface area contributed by atoms with Gasteiger partial charge in [0, 0.05) is 5.56 Å². The first-order valence-electron chi connectivity index (χ1n) is 9.95. The number of anilines is 2. The molecule has 4 rings (SSSR count). The Morgan fingerprint density at radius 2 is 2.00 bits per heavy atom. The number of carboxylic acids is 1. The van der Waals surface area contributed by atoms with E-state index < -0.39 is 5.97 Å². The van der Waals surface area contributed by atoms with E-state index in [-0.39, 0.29) is 5.56 Å². The minimum Gasteiger partial charge on any atom is -0.494 e. The second kappa shape index (κ2) is 8.65. The third-order valence-corrected chi connectivity index (χ3v) is 5.68. The molecule has 158 valence electrons. The third kappa shape index (κ3) is 4.04. The zero-order valence-electron chi connectivity index (χ0n) is 17.5. The second-order valence-corrected chi connectivity index (χ2v) is 7.87. The van der Waals surface area contributed by atoms with Crippen LogP contribution in [0.1, 0.15) is 28.5 Å². The number of rotatable bonds is 7. The molecule has 0 aliphatic carbocycles. The molecule has 0 spiro atoms. The van der Waals surface area contributed by atoms with E-state index in [2.05, 4.69) is 10.7 Å². The van der Waals surface area contributed by atoms with E-state index in [9.17, 15) is 9.90 Å². The van der Waals surface area contributed by atoms with E-state index in [0.29, 0.717) is 18.0 Å². The molecule has 0 aliphatic heterocycles. The molecule has 0 fully saturated rings. The van der Waals surface area contributed by atoms with Crippen molar-refractivity contribution in [2.24, 2.45) is 0 Å². The Hall–Kier alpha value is -3.58. The highest BCUT2D eigenvalue weighted by Crippen LogP contribution is 2.38. The maximum absolute atomic E-state index is 12.0. The summed E-state index contributed by atoms with van der Waals surface area (Å²) in [5, 5.41) is 22.1. The second-order valence-electron chi connectivity index (χ2n) is 7.09. The summed E-state index contributed by atoms with van der Waals surface area (Å²) in [6, 6.07) is 15.1. The lowest BCUT2D eigenvalue weighted by Crippen LogP contribution is -2.08. The fraction of sp³-hybridized carbons (Fsp3) is 0.167. The number of para-hydroxylation sites is 1. The van der Waals surface area contributed by atoms with Crippen LogP contribution in [-0.4, -0.2) is 27.5 Å². The molecule has 0 radical (unpaired) electrons. The average Bonchev–Trinajstić information content (AvgIpc) is 3.37. The van der Waals surface area contributed by atoms with Crippen LogP contribution in [0.2, 0.25) is 0 Å². The van der Waals surface area contributed by atoms with Gasteiger partial charge in [-0.3, -0.25) is 0 Å². The van der Waals surface area contributed by atoms with Crippen LogP contribution in [-0.2, 0) is 0 Å². The van der Waals surface area contributed by atoms with Crippen molar-refractivity contribution in [3.05, 3.63) is 76.1 Å². The quantitative estimate of drug-likeness (QED) is 0.371. The van der Waals surface area contributed by atoms with E-state index in [4.69, 9.17) is 9.84 Å². The van der Waals surface area contributed by atoms with Crippen LogP contribution < -0.4 is 10.1 Å². The van der Waals surface area contributed by atoms with Gasteiger partial charge in [0.25, 0.3) is 0 Å². The van der Waals surface area contributed by atoms with Crippen LogP contribution in [0.4, 0.5) is 11.5 Å². The molecule has 0 aliphatic rings. The van der Waals surface area contributed by atoms with E-state index in [1.165, 1.54) is 0 Å². The lowest BCUT2D eigenvalue weighted by molar-refractivity contribution is 0.0697. The topological polar surface area (TPSA) is 76.4 Å². The van der Waals surface area contributed by atoms with E-state index in [1.807, 2.05) is 61.2 Å². The number of carbonyl (C=O) groups is 1. The van der Waals surface area contributed by atoms with E-state index in [0.717, 1.165) is 33.9 Å². The molecular formula is C24H23N3O3S. The Balaban J connectivity index is 1.90. The fourth-order valence-corrected chi connectivity index (χ4v) is 4.21. The smallest absolute Gasteiger partial charge is 0.337 e. The number of thiophene rings is 1. The summed E-state index contributed by atoms with van der Waals surface area (Å²) >= 11 is 1.61. The van der Waals surface area contributed by atoms with Gasteiger partial charge in [-0.1, -0.05) is 18.2 Å². The fourth-order valence-electron chi connectivity index (χ4n) is 3.56. The molecule has 6 nitrogen and oxygen atoms in total. The molecule has 2 N–H and O–H groups in total. The number of ether oxygens (including phenoxy) is 1. The maximum atomic E-state index is 12.0. The van der Waals surface area contributed by atoms with Gasteiger partial charge in [-0.15, -0.1) is 0 Å². The summed E-state index contributed by atoms with van der Waals surface area (Å²) < 4.78 is 7.34. The zero-order chi connectivity index (χ0) is 22.0. The summed E-state index contributed by atoms with van der Waals surface area (Å²) in [6.07, 6.45) is 0. The van der Waals surface area contributed by atoms with Gasteiger partial charge in [0.15, 0.2) is 0 Å². The minimum atomic E-state index is -1.03. The van der Waals surface area contributed by atoms with Gasteiger partial charge in [-0.25, -0.2) is 9.48 Å². The highest BCUT2D eigenvalue weighted by atomic mass is 32.1. The molecule has 4 aromatic rings.